The molecule has 0 spiro atoms. The molecule has 0 amide bonds. The number of hydrogen-bond donors (Lipinski definition) is 3. The van der Waals surface area contributed by atoms with E-state index in [-0.39, 0.29) is 24.0 Å². The Bertz CT molecular complexity index is 969. The second kappa shape index (κ2) is 11.9. The van der Waals surface area contributed by atoms with E-state index in [1.54, 1.807) is 6.26 Å². The lowest BCUT2D eigenvalue weighted by molar-refractivity contribution is 0.468. The largest absolute Gasteiger partial charge is 0.461 e. The SMILES string of the molecule is CCNC(=NCCc1nc(-c2ccco2)n[nH]1)NC1CCCN(c2ccc(C)cc2)C1.I. The van der Waals surface area contributed by atoms with Gasteiger partial charge in [-0.2, -0.15) is 5.10 Å². The summed E-state index contributed by atoms with van der Waals surface area (Å²) in [6, 6.07) is 12.8. The normalized spacial score (nSPS) is 16.5. The van der Waals surface area contributed by atoms with E-state index in [1.165, 1.54) is 17.7 Å². The topological polar surface area (TPSA) is 94.4 Å². The molecule has 3 heterocycles. The highest BCUT2D eigenvalue weighted by Crippen LogP contribution is 2.20. The van der Waals surface area contributed by atoms with Crippen molar-refractivity contribution < 1.29 is 4.42 Å². The summed E-state index contributed by atoms with van der Waals surface area (Å²) in [5.41, 5.74) is 2.58. The maximum Gasteiger partial charge on any atom is 0.216 e. The number of hydrogen-bond acceptors (Lipinski definition) is 5. The number of halogens is 1. The molecule has 0 bridgehead atoms. The monoisotopic (exact) mass is 549 g/mol. The Morgan fingerprint density at radius 1 is 1.28 bits per heavy atom. The smallest absolute Gasteiger partial charge is 0.216 e. The van der Waals surface area contributed by atoms with Gasteiger partial charge in [0, 0.05) is 44.3 Å². The Balaban J connectivity index is 0.00000289. The van der Waals surface area contributed by atoms with Crippen LogP contribution in [0.4, 0.5) is 5.69 Å². The minimum Gasteiger partial charge on any atom is -0.461 e. The van der Waals surface area contributed by atoms with Crippen LogP contribution < -0.4 is 15.5 Å². The molecule has 1 fully saturated rings. The Morgan fingerprint density at radius 2 is 2.12 bits per heavy atom. The fraction of sp³-hybridized carbons (Fsp3) is 0.435. The number of guanidine groups is 1. The van der Waals surface area contributed by atoms with Crippen molar-refractivity contribution in [3.63, 3.8) is 0 Å². The van der Waals surface area contributed by atoms with Crippen LogP contribution in [0.3, 0.4) is 0 Å². The molecular formula is C23H32IN7O. The van der Waals surface area contributed by atoms with Crippen LogP contribution in [0.25, 0.3) is 11.6 Å². The van der Waals surface area contributed by atoms with Gasteiger partial charge in [-0.3, -0.25) is 10.1 Å². The number of nitrogens with one attached hydrogen (secondary N) is 3. The van der Waals surface area contributed by atoms with E-state index in [0.717, 1.165) is 37.8 Å². The summed E-state index contributed by atoms with van der Waals surface area (Å²) in [5.74, 6) is 2.89. The molecule has 32 heavy (non-hydrogen) atoms. The number of benzene rings is 1. The molecular weight excluding hydrogens is 517 g/mol. The molecule has 1 unspecified atom stereocenters. The Kier molecular flexibility index (Phi) is 8.95. The molecule has 0 radical (unpaired) electrons. The highest BCUT2D eigenvalue weighted by atomic mass is 127. The van der Waals surface area contributed by atoms with E-state index < -0.39 is 0 Å². The molecule has 1 atom stereocenters. The number of aromatic amines is 1. The van der Waals surface area contributed by atoms with Crippen LogP contribution in [0, 0.1) is 6.92 Å². The Morgan fingerprint density at radius 3 is 2.88 bits per heavy atom. The first kappa shape index (κ1) is 24.1. The molecule has 172 valence electrons. The van der Waals surface area contributed by atoms with Crippen LogP contribution in [0.2, 0.25) is 0 Å². The van der Waals surface area contributed by atoms with Gasteiger partial charge in [0.15, 0.2) is 11.7 Å². The Hall–Kier alpha value is -2.56. The fourth-order valence-corrected chi connectivity index (χ4v) is 3.80. The molecule has 3 aromatic rings. The van der Waals surface area contributed by atoms with Gasteiger partial charge in [0.2, 0.25) is 5.82 Å². The molecule has 9 heteroatoms. The third kappa shape index (κ3) is 6.47. The van der Waals surface area contributed by atoms with Crippen molar-refractivity contribution in [2.45, 2.75) is 39.2 Å². The first-order valence-corrected chi connectivity index (χ1v) is 11.0. The van der Waals surface area contributed by atoms with Gasteiger partial charge in [0.1, 0.15) is 5.82 Å². The van der Waals surface area contributed by atoms with Crippen LogP contribution >= 0.6 is 24.0 Å². The highest BCUT2D eigenvalue weighted by molar-refractivity contribution is 14.0. The number of rotatable bonds is 7. The maximum absolute atomic E-state index is 5.34. The van der Waals surface area contributed by atoms with E-state index in [2.05, 4.69) is 68.8 Å². The third-order valence-electron chi connectivity index (χ3n) is 5.40. The number of H-pyrrole nitrogens is 1. The summed E-state index contributed by atoms with van der Waals surface area (Å²) < 4.78 is 5.34. The van der Waals surface area contributed by atoms with Gasteiger partial charge in [-0.15, -0.1) is 24.0 Å². The summed E-state index contributed by atoms with van der Waals surface area (Å²) in [6.45, 7) is 7.73. The van der Waals surface area contributed by atoms with Gasteiger partial charge in [-0.25, -0.2) is 4.98 Å². The zero-order chi connectivity index (χ0) is 21.5. The molecule has 1 aliphatic rings. The number of piperidine rings is 1. The van der Waals surface area contributed by atoms with Gasteiger partial charge in [0.25, 0.3) is 0 Å². The number of aryl methyl sites for hydroxylation is 1. The summed E-state index contributed by atoms with van der Waals surface area (Å²) >= 11 is 0. The maximum atomic E-state index is 5.34. The van der Waals surface area contributed by atoms with Crippen molar-refractivity contribution in [3.05, 3.63) is 54.0 Å². The van der Waals surface area contributed by atoms with E-state index in [4.69, 9.17) is 9.41 Å². The van der Waals surface area contributed by atoms with Gasteiger partial charge < -0.3 is 20.0 Å². The van der Waals surface area contributed by atoms with Crippen molar-refractivity contribution in [3.8, 4) is 11.6 Å². The van der Waals surface area contributed by atoms with Crippen molar-refractivity contribution in [2.75, 3.05) is 31.1 Å². The molecule has 1 saturated heterocycles. The second-order valence-corrected chi connectivity index (χ2v) is 7.86. The molecule has 4 rings (SSSR count). The van der Waals surface area contributed by atoms with E-state index in [0.29, 0.717) is 30.6 Å². The lowest BCUT2D eigenvalue weighted by Gasteiger charge is -2.35. The lowest BCUT2D eigenvalue weighted by atomic mass is 10.0. The zero-order valence-corrected chi connectivity index (χ0v) is 21.0. The van der Waals surface area contributed by atoms with Gasteiger partial charge >= 0.3 is 0 Å². The molecule has 3 N–H and O–H groups in total. The summed E-state index contributed by atoms with van der Waals surface area (Å²) in [6.07, 6.45) is 4.61. The molecule has 2 aromatic heterocycles. The van der Waals surface area contributed by atoms with Crippen LogP contribution in [-0.4, -0.2) is 53.4 Å². The number of aliphatic imine (C=N–C) groups is 1. The molecule has 1 aliphatic heterocycles. The van der Waals surface area contributed by atoms with Crippen LogP contribution in [0.5, 0.6) is 0 Å². The van der Waals surface area contributed by atoms with Crippen molar-refractivity contribution in [2.24, 2.45) is 4.99 Å². The standard InChI is InChI=1S/C23H31N7O.HI/c1-3-24-23(25-13-12-21-27-22(29-28-21)20-7-5-15-31-20)26-18-6-4-14-30(16-18)19-10-8-17(2)9-11-19;/h5,7-11,15,18H,3-4,6,12-14,16H2,1-2H3,(H2,24,25,26)(H,27,28,29);1H. The molecule has 0 aliphatic carbocycles. The van der Waals surface area contributed by atoms with E-state index in [1.807, 2.05) is 12.1 Å². The van der Waals surface area contributed by atoms with E-state index >= 15 is 0 Å². The number of furan rings is 1. The van der Waals surface area contributed by atoms with Crippen molar-refractivity contribution >= 4 is 35.6 Å². The first-order chi connectivity index (χ1) is 15.2. The first-order valence-electron chi connectivity index (χ1n) is 11.0. The number of anilines is 1. The number of nitrogens with zero attached hydrogens (tertiary/aromatic N) is 4. The summed E-state index contributed by atoms with van der Waals surface area (Å²) in [5, 5.41) is 14.2. The van der Waals surface area contributed by atoms with Crippen molar-refractivity contribution in [1.29, 1.82) is 0 Å². The van der Waals surface area contributed by atoms with E-state index in [9.17, 15) is 0 Å². The molecule has 1 aromatic carbocycles. The zero-order valence-electron chi connectivity index (χ0n) is 18.7. The average Bonchev–Trinajstić information content (AvgIpc) is 3.47. The third-order valence-corrected chi connectivity index (χ3v) is 5.40. The van der Waals surface area contributed by atoms with Gasteiger partial charge in [-0.05, 0) is 51.0 Å². The predicted octanol–water partition coefficient (Wildman–Crippen LogP) is 3.76. The fourth-order valence-electron chi connectivity index (χ4n) is 3.80. The number of aromatic nitrogens is 3. The summed E-state index contributed by atoms with van der Waals surface area (Å²) in [4.78, 5) is 11.7. The van der Waals surface area contributed by atoms with Crippen LogP contribution in [-0.2, 0) is 6.42 Å². The lowest BCUT2D eigenvalue weighted by Crippen LogP contribution is -2.51. The summed E-state index contributed by atoms with van der Waals surface area (Å²) in [7, 11) is 0. The molecule has 0 saturated carbocycles. The van der Waals surface area contributed by atoms with Gasteiger partial charge in [0.05, 0.1) is 6.26 Å². The quantitative estimate of drug-likeness (QED) is 0.236. The van der Waals surface area contributed by atoms with Crippen LogP contribution in [0.1, 0.15) is 31.2 Å². The second-order valence-electron chi connectivity index (χ2n) is 7.86. The highest BCUT2D eigenvalue weighted by Gasteiger charge is 2.21. The average molecular weight is 549 g/mol. The molecule has 8 nitrogen and oxygen atoms in total. The minimum atomic E-state index is 0. The van der Waals surface area contributed by atoms with Crippen LogP contribution in [0.15, 0.2) is 52.1 Å². The van der Waals surface area contributed by atoms with Gasteiger partial charge in [-0.1, -0.05) is 17.7 Å². The Labute approximate surface area is 206 Å². The predicted molar refractivity (Wildman–Crippen MR) is 139 cm³/mol. The van der Waals surface area contributed by atoms with Crippen molar-refractivity contribution in [1.82, 2.24) is 25.8 Å². The minimum absolute atomic E-state index is 0.